The first kappa shape index (κ1) is 84.8. The molecule has 5 aliphatic rings. The van der Waals surface area contributed by atoms with Crippen molar-refractivity contribution in [2.75, 3.05) is 118 Å². The largest absolute Gasteiger partial charge is 0.481 e. The highest BCUT2D eigenvalue weighted by molar-refractivity contribution is 5.84. The van der Waals surface area contributed by atoms with Gasteiger partial charge in [-0.3, -0.25) is 33.8 Å². The molecule has 5 heterocycles. The van der Waals surface area contributed by atoms with Gasteiger partial charge in [-0.05, 0) is 38.6 Å². The van der Waals surface area contributed by atoms with Crippen LogP contribution in [-0.2, 0) is 71.3 Å². The molecular weight excluding hydrogens is 1320 g/mol. The van der Waals surface area contributed by atoms with Gasteiger partial charge in [0.05, 0.1) is 72.5 Å². The van der Waals surface area contributed by atoms with Crippen LogP contribution < -0.4 is 21.3 Å². The number of hydrogen-bond donors (Lipinski definition) is 23. The third-order valence-electron chi connectivity index (χ3n) is 17.0. The van der Waals surface area contributed by atoms with Crippen molar-refractivity contribution >= 4 is 29.6 Å². The highest BCUT2D eigenvalue weighted by Gasteiger charge is 2.53. The number of unbranched alkanes of at least 4 members (excludes halogenated alkanes) is 5. The van der Waals surface area contributed by atoms with Crippen LogP contribution in [0.4, 0.5) is 0 Å². The van der Waals surface area contributed by atoms with Crippen molar-refractivity contribution in [2.45, 2.75) is 218 Å². The van der Waals surface area contributed by atoms with E-state index in [4.69, 9.17) is 52.5 Å². The van der Waals surface area contributed by atoms with Gasteiger partial charge in [-0.1, -0.05) is 19.3 Å². The van der Waals surface area contributed by atoms with Crippen LogP contribution >= 0.6 is 0 Å². The van der Waals surface area contributed by atoms with Crippen molar-refractivity contribution in [2.24, 2.45) is 0 Å². The molecule has 5 aliphatic heterocycles. The van der Waals surface area contributed by atoms with E-state index >= 15 is 0 Å². The Labute approximate surface area is 563 Å². The van der Waals surface area contributed by atoms with Crippen LogP contribution in [0.25, 0.3) is 0 Å². The Morgan fingerprint density at radius 1 is 0.327 bits per heavy atom. The molecule has 98 heavy (non-hydrogen) atoms. The predicted molar refractivity (Wildman–Crippen MR) is 323 cm³/mol. The average Bonchev–Trinajstić information content (AvgIpc) is 0.795. The van der Waals surface area contributed by atoms with Crippen LogP contribution in [0.1, 0.15) is 64.2 Å². The molecule has 25 atom stereocenters. The van der Waals surface area contributed by atoms with Crippen LogP contribution in [0, 0.1) is 0 Å². The molecule has 40 heteroatoms. The zero-order chi connectivity index (χ0) is 72.2. The zero-order valence-corrected chi connectivity index (χ0v) is 54.2. The van der Waals surface area contributed by atoms with Crippen molar-refractivity contribution in [1.29, 1.82) is 0 Å². The second-order valence-corrected chi connectivity index (χ2v) is 24.5. The number of aliphatic hydroxyl groups is 18. The second kappa shape index (κ2) is 44.0. The lowest BCUT2D eigenvalue weighted by molar-refractivity contribution is -0.366. The van der Waals surface area contributed by atoms with Crippen LogP contribution in [0.15, 0.2) is 0 Å². The van der Waals surface area contributed by atoms with Crippen LogP contribution in [-0.4, -0.2) is 408 Å². The smallest absolute Gasteiger partial charge is 0.303 e. The molecule has 0 aromatic rings. The molecule has 0 aromatic carbocycles. The van der Waals surface area contributed by atoms with Crippen molar-refractivity contribution in [1.82, 2.24) is 31.1 Å². The molecule has 5 fully saturated rings. The summed E-state index contributed by atoms with van der Waals surface area (Å²) in [4.78, 5) is 66.4. The molecule has 40 nitrogen and oxygen atoms in total. The highest BCUT2D eigenvalue weighted by atomic mass is 16.8. The Kier molecular flexibility index (Phi) is 38.0. The van der Waals surface area contributed by atoms with Gasteiger partial charge in [0, 0.05) is 52.1 Å². The molecule has 0 aromatic heterocycles. The molecule has 0 bridgehead atoms. The summed E-state index contributed by atoms with van der Waals surface area (Å²) in [5, 5.41) is 205. The summed E-state index contributed by atoms with van der Waals surface area (Å²) in [6.07, 6.45) is -37.4. The SMILES string of the molecule is O=C(O)CCCCCNC(=O)CN(CC(=O)NCCCC(=O)NCCCCCCN(CCO[C@H]1O[C@H](CO)[C@@H](O)[C@H](O)[C@@H]1O)CCO[C@H]1O[C@H](CO)[C@@H](O)[C@H](O)[C@@H]1O)CC(=O)NCCO[C@H]1O[C@H](CO[C@H]2O[C@H](CO)[C@@H](O)[C@H](O)[C@@H]2O)[C@@H](O)[C@H](O[C@H]2O[C@H](CO)[C@@H](O)[C@H](O)[C@@H]2O)[C@@H]1O. The van der Waals surface area contributed by atoms with E-state index in [9.17, 15) is 116 Å². The molecular formula is C58H104N6O34. The molecule has 0 radical (unpaired) electrons. The molecule has 23 N–H and O–H groups in total. The van der Waals surface area contributed by atoms with Gasteiger partial charge in [0.25, 0.3) is 0 Å². The second-order valence-electron chi connectivity index (χ2n) is 24.5. The van der Waals surface area contributed by atoms with Crippen LogP contribution in [0.2, 0.25) is 0 Å². The minimum atomic E-state index is -2.00. The van der Waals surface area contributed by atoms with Crippen molar-refractivity contribution in [3.63, 3.8) is 0 Å². The lowest BCUT2D eigenvalue weighted by atomic mass is 9.96. The van der Waals surface area contributed by atoms with Gasteiger partial charge >= 0.3 is 5.97 Å². The molecule has 5 rings (SSSR count). The molecule has 4 amide bonds. The van der Waals surface area contributed by atoms with Crippen molar-refractivity contribution < 1.29 is 168 Å². The van der Waals surface area contributed by atoms with Gasteiger partial charge in [0.2, 0.25) is 23.6 Å². The Morgan fingerprint density at radius 3 is 1.15 bits per heavy atom. The number of carbonyl (C=O) groups excluding carboxylic acids is 4. The standard InChI is InChI=1S/C58H104N6O34/c65-24-29-39(75)44(80)48(84)54(93-29)90-19-16-63(17-20-91-55-49(85)45(81)40(76)30(25-66)94-55)15-7-2-1-5-11-59-34(69)9-8-13-61-36(71)22-64(21-35(70)60-12-6-3-4-10-38(73)74)23-37(72)62-14-18-89-57-52(88)53(98-58-51(87)47(83)42(78)32(27-68)96-58)43(79)33(97-57)28-92-56-50(86)46(82)41(77)31(26-67)95-56/h29-33,39-58,65-68,75-88H,1-28H2,(H,59,69)(H,60,70)(H,61,71)(H,62,72)(H,73,74)/t29-,30-,31-,32-,33-,39-,40-,41-,42-,43-,44+,45+,46+,47+,48+,49+,50+,51+,52+,53+,54+,55+,56+,57+,58-/m1/s1. The van der Waals surface area contributed by atoms with E-state index in [1.807, 2.05) is 4.90 Å². The monoisotopic (exact) mass is 1430 g/mol. The quantitative estimate of drug-likeness (QED) is 0.0252. The summed E-state index contributed by atoms with van der Waals surface area (Å²) in [6.45, 7) is -4.56. The van der Waals surface area contributed by atoms with E-state index in [-0.39, 0.29) is 71.1 Å². The maximum Gasteiger partial charge on any atom is 0.303 e. The lowest BCUT2D eigenvalue weighted by Gasteiger charge is -2.46. The van der Waals surface area contributed by atoms with Gasteiger partial charge in [-0.15, -0.1) is 0 Å². The summed E-state index contributed by atoms with van der Waals surface area (Å²) in [5.74, 6) is -3.18. The minimum Gasteiger partial charge on any atom is -0.481 e. The lowest BCUT2D eigenvalue weighted by Crippen LogP contribution is -2.65. The highest BCUT2D eigenvalue weighted by Crippen LogP contribution is 2.32. The molecule has 0 spiro atoms. The predicted octanol–water partition coefficient (Wildman–Crippen LogP) is -12.9. The number of aliphatic hydroxyl groups excluding tert-OH is 18. The number of nitrogens with one attached hydrogen (secondary N) is 4. The van der Waals surface area contributed by atoms with Gasteiger partial charge in [-0.2, -0.15) is 0 Å². The third kappa shape index (κ3) is 26.4. The van der Waals surface area contributed by atoms with E-state index < -0.39 is 236 Å². The Morgan fingerprint density at radius 2 is 0.694 bits per heavy atom. The van der Waals surface area contributed by atoms with E-state index in [1.165, 1.54) is 4.90 Å². The number of hydrogen-bond acceptors (Lipinski definition) is 35. The van der Waals surface area contributed by atoms with E-state index in [1.54, 1.807) is 0 Å². The number of aliphatic carboxylic acids is 1. The van der Waals surface area contributed by atoms with Gasteiger partial charge in [0.15, 0.2) is 31.5 Å². The first-order valence-corrected chi connectivity index (χ1v) is 32.8. The molecule has 0 aliphatic carbocycles. The molecule has 570 valence electrons. The average molecular weight is 1430 g/mol. The molecule has 0 unspecified atom stereocenters. The number of rotatable bonds is 44. The van der Waals surface area contributed by atoms with Crippen LogP contribution in [0.3, 0.4) is 0 Å². The number of nitrogens with zero attached hydrogens (tertiary/aromatic N) is 2. The summed E-state index contributed by atoms with van der Waals surface area (Å²) in [5.41, 5.74) is 0. The fraction of sp³-hybridized carbons (Fsp3) is 0.914. The Balaban J connectivity index is 1.07. The number of carboxylic acid groups (broad SMARTS) is 1. The summed E-state index contributed by atoms with van der Waals surface area (Å²) >= 11 is 0. The van der Waals surface area contributed by atoms with Gasteiger partial charge in [0.1, 0.15) is 122 Å². The topological polar surface area (TPSA) is 617 Å². The minimum absolute atomic E-state index is 0.0285. The maximum atomic E-state index is 13.4. The first-order valence-electron chi connectivity index (χ1n) is 32.8. The number of carboxylic acids is 1. The Hall–Kier alpha value is -3.85. The van der Waals surface area contributed by atoms with Crippen molar-refractivity contribution in [3.05, 3.63) is 0 Å². The van der Waals surface area contributed by atoms with Crippen molar-refractivity contribution in [3.8, 4) is 0 Å². The number of ether oxygens (including phenoxy) is 10. The zero-order valence-electron chi connectivity index (χ0n) is 54.2. The molecule has 0 saturated carbocycles. The molecule has 5 saturated heterocycles. The Bertz CT molecular complexity index is 2270. The fourth-order valence-corrected chi connectivity index (χ4v) is 11.1. The third-order valence-corrected chi connectivity index (χ3v) is 17.0. The fourth-order valence-electron chi connectivity index (χ4n) is 11.1. The summed E-state index contributed by atoms with van der Waals surface area (Å²) < 4.78 is 55.7. The van der Waals surface area contributed by atoms with Gasteiger partial charge < -0.3 is 166 Å². The normalized spacial score (nSPS) is 35.3. The summed E-state index contributed by atoms with van der Waals surface area (Å²) in [7, 11) is 0. The van der Waals surface area contributed by atoms with E-state index in [0.717, 1.165) is 0 Å². The number of carbonyl (C=O) groups is 5. The summed E-state index contributed by atoms with van der Waals surface area (Å²) in [6, 6.07) is 0. The van der Waals surface area contributed by atoms with Crippen LogP contribution in [0.5, 0.6) is 0 Å². The van der Waals surface area contributed by atoms with E-state index in [0.29, 0.717) is 58.0 Å². The maximum absolute atomic E-state index is 13.4. The number of amides is 4. The first-order chi connectivity index (χ1) is 46.7. The van der Waals surface area contributed by atoms with Gasteiger partial charge in [-0.25, -0.2) is 0 Å². The van der Waals surface area contributed by atoms with E-state index in [2.05, 4.69) is 21.3 Å².